The van der Waals surface area contributed by atoms with Gasteiger partial charge in [0.1, 0.15) is 0 Å². The van der Waals surface area contributed by atoms with Crippen LogP contribution in [0.1, 0.15) is 34.6 Å². The van der Waals surface area contributed by atoms with Crippen molar-refractivity contribution in [3.63, 3.8) is 0 Å². The van der Waals surface area contributed by atoms with Gasteiger partial charge < -0.3 is 0 Å². The smallest absolute Gasteiger partial charge is 0.299 e. The minimum Gasteiger partial charge on any atom is -0.299 e. The molecule has 0 fully saturated rings. The second-order valence-corrected chi connectivity index (χ2v) is 6.34. The van der Waals surface area contributed by atoms with Crippen molar-refractivity contribution in [2.45, 2.75) is 52.1 Å². The first-order valence-electron chi connectivity index (χ1n) is 4.97. The lowest BCUT2D eigenvalue weighted by molar-refractivity contribution is 0.135. The van der Waals surface area contributed by atoms with Crippen LogP contribution < -0.4 is 0 Å². The highest BCUT2D eigenvalue weighted by molar-refractivity contribution is 7.56. The van der Waals surface area contributed by atoms with Crippen molar-refractivity contribution in [1.82, 2.24) is 0 Å². The monoisotopic (exact) mass is 244 g/mol. The molecule has 0 rings (SSSR count). The molecule has 0 N–H and O–H groups in total. The number of nitrogens with zero attached hydrogens (tertiary/aromatic N) is 2. The van der Waals surface area contributed by atoms with E-state index in [2.05, 4.69) is 4.85 Å². The van der Waals surface area contributed by atoms with E-state index in [9.17, 15) is 4.57 Å². The molecule has 0 aliphatic carbocycles. The summed E-state index contributed by atoms with van der Waals surface area (Å²) in [5.74, 6) is 0. The van der Waals surface area contributed by atoms with E-state index in [4.69, 9.17) is 20.9 Å². The van der Waals surface area contributed by atoms with Crippen LogP contribution in [0.3, 0.4) is 0 Å². The molecule has 6 heteroatoms. The van der Waals surface area contributed by atoms with Crippen LogP contribution in [-0.2, 0) is 13.6 Å². The Morgan fingerprint density at radius 1 is 1.31 bits per heavy atom. The van der Waals surface area contributed by atoms with Gasteiger partial charge in [0, 0.05) is 6.92 Å². The van der Waals surface area contributed by atoms with Crippen LogP contribution in [-0.4, -0.2) is 17.5 Å². The standard InChI is InChI=1S/C10H17N2O3P/c1-8(2)14-16(13,15-9(3)4)10(5,7-11)12-6/h8-9H,1-5H3. The summed E-state index contributed by atoms with van der Waals surface area (Å²) in [5.41, 5.74) is 0. The molecule has 0 aromatic rings. The lowest BCUT2D eigenvalue weighted by Crippen LogP contribution is -2.24. The maximum atomic E-state index is 12.4. The first kappa shape index (κ1) is 15.1. The summed E-state index contributed by atoms with van der Waals surface area (Å²) < 4.78 is 22.8. The summed E-state index contributed by atoms with van der Waals surface area (Å²) in [7, 11) is -3.77. The Labute approximate surface area is 96.7 Å². The predicted octanol–water partition coefficient (Wildman–Crippen LogP) is 3.19. The molecule has 0 aliphatic rings. The van der Waals surface area contributed by atoms with Crippen molar-refractivity contribution in [3.05, 3.63) is 11.4 Å². The lowest BCUT2D eigenvalue weighted by atomic mass is 10.4. The van der Waals surface area contributed by atoms with E-state index in [1.165, 1.54) is 6.92 Å². The molecular formula is C10H17N2O3P. The summed E-state index contributed by atoms with van der Waals surface area (Å²) in [4.78, 5) is 3.09. The molecule has 0 aromatic carbocycles. The lowest BCUT2D eigenvalue weighted by Gasteiger charge is -2.25. The van der Waals surface area contributed by atoms with Gasteiger partial charge in [-0.1, -0.05) is 0 Å². The average Bonchev–Trinajstić information content (AvgIpc) is 2.13. The average molecular weight is 244 g/mol. The molecule has 0 bridgehead atoms. The molecular weight excluding hydrogens is 227 g/mol. The fraction of sp³-hybridized carbons (Fsp3) is 0.800. The van der Waals surface area contributed by atoms with E-state index in [-0.39, 0.29) is 12.2 Å². The van der Waals surface area contributed by atoms with Gasteiger partial charge >= 0.3 is 12.9 Å². The first-order valence-corrected chi connectivity index (χ1v) is 6.52. The van der Waals surface area contributed by atoms with Gasteiger partial charge in [-0.3, -0.25) is 13.9 Å². The molecule has 0 saturated heterocycles. The SMILES string of the molecule is [C-]#[N+]C(C)(C#N)P(=O)(OC(C)C)OC(C)C. The quantitative estimate of drug-likeness (QED) is 0.550. The fourth-order valence-corrected chi connectivity index (χ4v) is 2.75. The van der Waals surface area contributed by atoms with E-state index in [0.29, 0.717) is 0 Å². The van der Waals surface area contributed by atoms with Crippen LogP contribution in [0.2, 0.25) is 0 Å². The molecule has 0 amide bonds. The van der Waals surface area contributed by atoms with Crippen LogP contribution >= 0.6 is 7.60 Å². The second-order valence-electron chi connectivity index (χ2n) is 4.05. The predicted molar refractivity (Wildman–Crippen MR) is 60.7 cm³/mol. The Morgan fingerprint density at radius 2 is 1.69 bits per heavy atom. The molecule has 90 valence electrons. The highest BCUT2D eigenvalue weighted by Crippen LogP contribution is 2.61. The summed E-state index contributed by atoms with van der Waals surface area (Å²) in [6, 6.07) is 1.71. The molecule has 0 aromatic heterocycles. The zero-order valence-corrected chi connectivity index (χ0v) is 11.1. The molecule has 5 nitrogen and oxygen atoms in total. The van der Waals surface area contributed by atoms with E-state index < -0.39 is 12.9 Å². The molecule has 0 saturated carbocycles. The number of rotatable bonds is 5. The second kappa shape index (κ2) is 5.46. The Hall–Kier alpha value is -0.870. The Morgan fingerprint density at radius 3 is 1.88 bits per heavy atom. The molecule has 1 unspecified atom stereocenters. The van der Waals surface area contributed by atoms with Crippen molar-refractivity contribution in [2.24, 2.45) is 0 Å². The zero-order valence-electron chi connectivity index (χ0n) is 10.2. The van der Waals surface area contributed by atoms with Gasteiger partial charge in [-0.05, 0) is 27.7 Å². The summed E-state index contributed by atoms with van der Waals surface area (Å²) in [6.45, 7) is 15.0. The largest absolute Gasteiger partial charge is 0.431 e. The first-order chi connectivity index (χ1) is 7.20. The van der Waals surface area contributed by atoms with Gasteiger partial charge in [0.05, 0.1) is 12.2 Å². The highest BCUT2D eigenvalue weighted by Gasteiger charge is 2.56. The third-order valence-electron chi connectivity index (χ3n) is 1.66. The van der Waals surface area contributed by atoms with E-state index in [0.717, 1.165) is 0 Å². The van der Waals surface area contributed by atoms with E-state index >= 15 is 0 Å². The van der Waals surface area contributed by atoms with Crippen LogP contribution in [0, 0.1) is 17.9 Å². The normalized spacial score (nSPS) is 15.6. The minimum atomic E-state index is -3.77. The Bertz CT molecular complexity index is 337. The third kappa shape index (κ3) is 3.32. The number of hydrogen-bond acceptors (Lipinski definition) is 4. The van der Waals surface area contributed by atoms with Gasteiger partial charge in [0.25, 0.3) is 0 Å². The van der Waals surface area contributed by atoms with Gasteiger partial charge in [-0.15, -0.1) is 0 Å². The molecule has 0 aliphatic heterocycles. The fourth-order valence-electron chi connectivity index (χ4n) is 0.933. The molecule has 16 heavy (non-hydrogen) atoms. The van der Waals surface area contributed by atoms with Gasteiger partial charge in [-0.2, -0.15) is 5.26 Å². The number of hydrogen-bond donors (Lipinski definition) is 0. The Kier molecular flexibility index (Phi) is 5.16. The van der Waals surface area contributed by atoms with E-state index in [1.807, 2.05) is 0 Å². The van der Waals surface area contributed by atoms with Crippen LogP contribution in [0.15, 0.2) is 0 Å². The molecule has 0 spiro atoms. The Balaban J connectivity index is 5.34. The van der Waals surface area contributed by atoms with Gasteiger partial charge in [-0.25, -0.2) is 11.1 Å². The molecule has 0 radical (unpaired) electrons. The van der Waals surface area contributed by atoms with Crippen LogP contribution in [0.5, 0.6) is 0 Å². The van der Waals surface area contributed by atoms with Crippen molar-refractivity contribution >= 4 is 7.60 Å². The van der Waals surface area contributed by atoms with Crippen molar-refractivity contribution in [1.29, 1.82) is 5.26 Å². The summed E-state index contributed by atoms with van der Waals surface area (Å²) >= 11 is 0. The van der Waals surface area contributed by atoms with Crippen LogP contribution in [0.25, 0.3) is 4.85 Å². The van der Waals surface area contributed by atoms with Crippen LogP contribution in [0.4, 0.5) is 0 Å². The van der Waals surface area contributed by atoms with Crippen molar-refractivity contribution < 1.29 is 13.6 Å². The topological polar surface area (TPSA) is 63.7 Å². The molecule has 0 heterocycles. The highest BCUT2D eigenvalue weighted by atomic mass is 31.2. The maximum Gasteiger partial charge on any atom is 0.431 e. The molecule has 1 atom stereocenters. The maximum absolute atomic E-state index is 12.4. The van der Waals surface area contributed by atoms with Gasteiger partial charge in [0.15, 0.2) is 6.07 Å². The zero-order chi connectivity index (χ0) is 13.0. The third-order valence-corrected chi connectivity index (χ3v) is 4.33. The van der Waals surface area contributed by atoms with Crippen molar-refractivity contribution in [2.75, 3.05) is 0 Å². The number of nitriles is 1. The minimum absolute atomic E-state index is 0.376. The van der Waals surface area contributed by atoms with Gasteiger partial charge in [0.2, 0.25) is 0 Å². The summed E-state index contributed by atoms with van der Waals surface area (Å²) in [5, 5.41) is 7.16. The summed E-state index contributed by atoms with van der Waals surface area (Å²) in [6.07, 6.45) is -0.752. The van der Waals surface area contributed by atoms with E-state index in [1.54, 1.807) is 33.8 Å². The van der Waals surface area contributed by atoms with Crippen molar-refractivity contribution in [3.8, 4) is 6.07 Å².